The number of nitrogens with one attached hydrogen (secondary N) is 1. The van der Waals surface area contributed by atoms with Crippen molar-refractivity contribution in [2.24, 2.45) is 7.05 Å². The molecule has 0 bridgehead atoms. The zero-order chi connectivity index (χ0) is 18.1. The molecular formula is C17H14F3N3O2. The number of fused-ring (bicyclic) bond motifs is 1. The van der Waals surface area contributed by atoms with Gasteiger partial charge in [-0.15, -0.1) is 0 Å². The number of amides is 1. The first-order valence-electron chi connectivity index (χ1n) is 7.47. The molecule has 3 aromatic rings. The predicted octanol–water partition coefficient (Wildman–Crippen LogP) is 2.19. The quantitative estimate of drug-likeness (QED) is 0.734. The first-order chi connectivity index (χ1) is 11.9. The number of carbonyl (C=O) groups is 1. The normalized spacial score (nSPS) is 11.0. The van der Waals surface area contributed by atoms with Gasteiger partial charge in [-0.05, 0) is 24.3 Å². The van der Waals surface area contributed by atoms with Gasteiger partial charge < -0.3 is 5.32 Å². The Morgan fingerprint density at radius 2 is 1.72 bits per heavy atom. The molecule has 1 amide bonds. The van der Waals surface area contributed by atoms with Crippen LogP contribution in [0.3, 0.4) is 0 Å². The molecule has 130 valence electrons. The van der Waals surface area contributed by atoms with Gasteiger partial charge in [-0.2, -0.15) is 0 Å². The number of hydrogen-bond acceptors (Lipinski definition) is 2. The zero-order valence-corrected chi connectivity index (χ0v) is 13.2. The van der Waals surface area contributed by atoms with Crippen LogP contribution in [0.2, 0.25) is 0 Å². The van der Waals surface area contributed by atoms with Crippen LogP contribution in [-0.2, 0) is 13.6 Å². The number of halogens is 3. The van der Waals surface area contributed by atoms with E-state index in [1.54, 1.807) is 31.3 Å². The first-order valence-corrected chi connectivity index (χ1v) is 7.47. The molecule has 0 aliphatic rings. The number of aryl methyl sites for hydroxylation is 1. The van der Waals surface area contributed by atoms with Crippen molar-refractivity contribution in [1.29, 1.82) is 0 Å². The lowest BCUT2D eigenvalue weighted by molar-refractivity contribution is 0.0947. The van der Waals surface area contributed by atoms with E-state index in [-0.39, 0.29) is 18.8 Å². The predicted molar refractivity (Wildman–Crippen MR) is 85.8 cm³/mol. The van der Waals surface area contributed by atoms with Crippen LogP contribution in [0.4, 0.5) is 13.2 Å². The Kier molecular flexibility index (Phi) is 4.35. The lowest BCUT2D eigenvalue weighted by Gasteiger charge is -2.08. The number of aromatic nitrogens is 2. The molecule has 1 N–H and O–H groups in total. The summed E-state index contributed by atoms with van der Waals surface area (Å²) in [7, 11) is 1.64. The maximum Gasteiger partial charge on any atom is 0.328 e. The molecule has 5 nitrogen and oxygen atoms in total. The van der Waals surface area contributed by atoms with Gasteiger partial charge in [0.2, 0.25) is 0 Å². The summed E-state index contributed by atoms with van der Waals surface area (Å²) >= 11 is 0. The average molecular weight is 349 g/mol. The molecule has 0 spiro atoms. The third kappa shape index (κ3) is 2.90. The van der Waals surface area contributed by atoms with Gasteiger partial charge in [-0.25, -0.2) is 18.0 Å². The molecular weight excluding hydrogens is 335 g/mol. The van der Waals surface area contributed by atoms with Crippen LogP contribution < -0.4 is 11.0 Å². The highest BCUT2D eigenvalue weighted by Crippen LogP contribution is 2.15. The van der Waals surface area contributed by atoms with E-state index in [2.05, 4.69) is 5.32 Å². The molecule has 25 heavy (non-hydrogen) atoms. The van der Waals surface area contributed by atoms with Crippen molar-refractivity contribution in [3.05, 3.63) is 69.9 Å². The minimum Gasteiger partial charge on any atom is -0.350 e. The van der Waals surface area contributed by atoms with Crippen molar-refractivity contribution in [2.45, 2.75) is 6.54 Å². The van der Waals surface area contributed by atoms with Crippen molar-refractivity contribution in [3.8, 4) is 0 Å². The molecule has 0 atom stereocenters. The Bertz CT molecular complexity index is 1020. The fourth-order valence-corrected chi connectivity index (χ4v) is 2.66. The van der Waals surface area contributed by atoms with Gasteiger partial charge in [0.05, 0.1) is 16.6 Å². The fraction of sp³-hybridized carbons (Fsp3) is 0.176. The summed E-state index contributed by atoms with van der Waals surface area (Å²) in [4.78, 5) is 24.2. The highest BCUT2D eigenvalue weighted by Gasteiger charge is 2.18. The summed E-state index contributed by atoms with van der Waals surface area (Å²) in [5.41, 5.74) is 0.590. The summed E-state index contributed by atoms with van der Waals surface area (Å²) < 4.78 is 42.6. The Morgan fingerprint density at radius 3 is 2.44 bits per heavy atom. The minimum absolute atomic E-state index is 0.0190. The second-order valence-electron chi connectivity index (χ2n) is 5.46. The third-order valence-corrected chi connectivity index (χ3v) is 3.95. The smallest absolute Gasteiger partial charge is 0.328 e. The van der Waals surface area contributed by atoms with E-state index >= 15 is 0 Å². The van der Waals surface area contributed by atoms with E-state index in [4.69, 9.17) is 0 Å². The average Bonchev–Trinajstić information content (AvgIpc) is 2.85. The first kappa shape index (κ1) is 16.8. The number of hydrogen-bond donors (Lipinski definition) is 1. The summed E-state index contributed by atoms with van der Waals surface area (Å²) in [6.45, 7) is 0.169. The van der Waals surface area contributed by atoms with Crippen LogP contribution in [-0.4, -0.2) is 21.6 Å². The van der Waals surface area contributed by atoms with Crippen molar-refractivity contribution in [1.82, 2.24) is 14.5 Å². The topological polar surface area (TPSA) is 56.0 Å². The molecule has 8 heteroatoms. The van der Waals surface area contributed by atoms with Gasteiger partial charge in [-0.3, -0.25) is 13.9 Å². The van der Waals surface area contributed by atoms with Crippen LogP contribution in [0.15, 0.2) is 41.2 Å². The second-order valence-corrected chi connectivity index (χ2v) is 5.46. The molecule has 0 saturated carbocycles. The van der Waals surface area contributed by atoms with Crippen molar-refractivity contribution in [2.75, 3.05) is 6.54 Å². The SMILES string of the molecule is Cn1c(=O)n(CCNC(=O)c2ccc(F)c(F)c2F)c2ccccc21. The van der Waals surface area contributed by atoms with Crippen LogP contribution in [0, 0.1) is 17.5 Å². The van der Waals surface area contributed by atoms with E-state index in [9.17, 15) is 22.8 Å². The van der Waals surface area contributed by atoms with Gasteiger partial charge in [0, 0.05) is 20.1 Å². The lowest BCUT2D eigenvalue weighted by atomic mass is 10.2. The summed E-state index contributed by atoms with van der Waals surface area (Å²) in [6, 6.07) is 8.71. The van der Waals surface area contributed by atoms with Gasteiger partial charge in [-0.1, -0.05) is 12.1 Å². The van der Waals surface area contributed by atoms with E-state index in [1.165, 1.54) is 9.13 Å². The van der Waals surface area contributed by atoms with Crippen LogP contribution >= 0.6 is 0 Å². The van der Waals surface area contributed by atoms with Gasteiger partial charge in [0.25, 0.3) is 5.91 Å². The molecule has 3 rings (SSSR count). The summed E-state index contributed by atoms with van der Waals surface area (Å²) in [6.07, 6.45) is 0. The lowest BCUT2D eigenvalue weighted by Crippen LogP contribution is -2.31. The van der Waals surface area contributed by atoms with Crippen molar-refractivity contribution in [3.63, 3.8) is 0 Å². The molecule has 0 saturated heterocycles. The van der Waals surface area contributed by atoms with Crippen LogP contribution in [0.5, 0.6) is 0 Å². The summed E-state index contributed by atoms with van der Waals surface area (Å²) in [5, 5.41) is 2.40. The largest absolute Gasteiger partial charge is 0.350 e. The Labute approximate surface area is 140 Å². The zero-order valence-electron chi connectivity index (χ0n) is 13.2. The Balaban J connectivity index is 1.76. The maximum absolute atomic E-state index is 13.6. The molecule has 1 heterocycles. The highest BCUT2D eigenvalue weighted by atomic mass is 19.2. The van der Waals surface area contributed by atoms with Gasteiger partial charge in [0.1, 0.15) is 0 Å². The monoisotopic (exact) mass is 349 g/mol. The standard InChI is InChI=1S/C17H14F3N3O2/c1-22-12-4-2-3-5-13(12)23(17(22)25)9-8-21-16(24)10-6-7-11(18)15(20)14(10)19/h2-7H,8-9H2,1H3,(H,21,24). The van der Waals surface area contributed by atoms with Crippen molar-refractivity contribution >= 4 is 16.9 Å². The Morgan fingerprint density at radius 1 is 1.04 bits per heavy atom. The number of benzene rings is 2. The summed E-state index contributed by atoms with van der Waals surface area (Å²) in [5.74, 6) is -5.49. The third-order valence-electron chi connectivity index (χ3n) is 3.95. The molecule has 0 radical (unpaired) electrons. The molecule has 0 unspecified atom stereocenters. The molecule has 0 aliphatic heterocycles. The molecule has 0 fully saturated rings. The molecule has 1 aromatic heterocycles. The highest BCUT2D eigenvalue weighted by molar-refractivity contribution is 5.94. The Hall–Kier alpha value is -3.03. The van der Waals surface area contributed by atoms with Crippen LogP contribution in [0.1, 0.15) is 10.4 Å². The maximum atomic E-state index is 13.6. The van der Waals surface area contributed by atoms with Crippen molar-refractivity contribution < 1.29 is 18.0 Å². The van der Waals surface area contributed by atoms with Crippen LogP contribution in [0.25, 0.3) is 11.0 Å². The van der Waals surface area contributed by atoms with E-state index < -0.39 is 28.9 Å². The van der Waals surface area contributed by atoms with E-state index in [1.807, 2.05) is 0 Å². The second kappa shape index (κ2) is 6.46. The number of nitrogens with zero attached hydrogens (tertiary/aromatic N) is 2. The molecule has 2 aromatic carbocycles. The number of rotatable bonds is 4. The fourth-order valence-electron chi connectivity index (χ4n) is 2.66. The van der Waals surface area contributed by atoms with E-state index in [0.717, 1.165) is 11.6 Å². The number of para-hydroxylation sites is 2. The number of carbonyl (C=O) groups excluding carboxylic acids is 1. The van der Waals surface area contributed by atoms with Gasteiger partial charge in [0.15, 0.2) is 17.5 Å². The molecule has 0 aliphatic carbocycles. The number of imidazole rings is 1. The van der Waals surface area contributed by atoms with Gasteiger partial charge >= 0.3 is 5.69 Å². The van der Waals surface area contributed by atoms with E-state index in [0.29, 0.717) is 11.6 Å². The minimum atomic E-state index is -1.70.